The van der Waals surface area contributed by atoms with Crippen molar-refractivity contribution in [3.8, 4) is 0 Å². The fourth-order valence-electron chi connectivity index (χ4n) is 10.2. The summed E-state index contributed by atoms with van der Waals surface area (Å²) in [5, 5.41) is 5.49. The molecule has 6 atom stereocenters. The van der Waals surface area contributed by atoms with E-state index in [4.69, 9.17) is 19.4 Å². The van der Waals surface area contributed by atoms with Gasteiger partial charge in [0.2, 0.25) is 11.8 Å². The van der Waals surface area contributed by atoms with E-state index in [0.29, 0.717) is 13.1 Å². The number of rotatable bonds is 11. The molecule has 3 aliphatic heterocycles. The van der Waals surface area contributed by atoms with Crippen molar-refractivity contribution in [1.82, 2.24) is 40.4 Å². The number of amides is 4. The number of likely N-dealkylation sites (tertiary alicyclic amines) is 2. The quantitative estimate of drug-likeness (QED) is 0.101. The maximum absolute atomic E-state index is 13.9. The van der Waals surface area contributed by atoms with Gasteiger partial charge in [-0.3, -0.25) is 9.59 Å². The molecule has 5 aromatic rings. The van der Waals surface area contributed by atoms with Crippen LogP contribution < -0.4 is 15.5 Å². The van der Waals surface area contributed by atoms with E-state index in [2.05, 4.69) is 107 Å². The van der Waals surface area contributed by atoms with Gasteiger partial charge < -0.3 is 44.8 Å². The third-order valence-electron chi connectivity index (χ3n) is 13.7. The molecular weight excluding hydrogens is 823 g/mol. The Labute approximate surface area is 381 Å². The number of imidazole rings is 2. The van der Waals surface area contributed by atoms with Crippen LogP contribution in [-0.2, 0) is 24.5 Å². The van der Waals surface area contributed by atoms with Gasteiger partial charge in [0.05, 0.1) is 60.5 Å². The number of aromatic amines is 2. The first kappa shape index (κ1) is 45.4. The van der Waals surface area contributed by atoms with Crippen LogP contribution in [0.5, 0.6) is 0 Å². The van der Waals surface area contributed by atoms with Crippen molar-refractivity contribution in [3.63, 3.8) is 0 Å². The van der Waals surface area contributed by atoms with Gasteiger partial charge in [-0.15, -0.1) is 0 Å². The van der Waals surface area contributed by atoms with Crippen LogP contribution in [0.2, 0.25) is 0 Å². The lowest BCUT2D eigenvalue weighted by Crippen LogP contribution is -2.51. The largest absolute Gasteiger partial charge is 0.453 e. The molecule has 0 saturated carbocycles. The fourth-order valence-corrected chi connectivity index (χ4v) is 10.2. The minimum absolute atomic E-state index is 0.00913. The van der Waals surface area contributed by atoms with E-state index in [1.807, 2.05) is 37.5 Å². The van der Waals surface area contributed by atoms with Gasteiger partial charge >= 0.3 is 12.2 Å². The highest BCUT2D eigenvalue weighted by Crippen LogP contribution is 2.48. The van der Waals surface area contributed by atoms with Gasteiger partial charge in [0.25, 0.3) is 0 Å². The number of hydrogen-bond donors (Lipinski definition) is 4. The zero-order chi connectivity index (χ0) is 46.3. The molecule has 0 unspecified atom stereocenters. The molecule has 3 fully saturated rings. The van der Waals surface area contributed by atoms with Gasteiger partial charge in [0, 0.05) is 18.8 Å². The second kappa shape index (κ2) is 18.4. The van der Waals surface area contributed by atoms with Crippen LogP contribution in [0.4, 0.5) is 15.3 Å². The standard InChI is InChI=1S/C50H65N9O6/c1-28(2)42(55-48(62)64-8)46(60)57-24-10-12-40(57)44-51-34-20-14-30(26-36(34)53-44)38-22-23-39(59(38)33-18-16-32(17-19-33)50(5,6)7)31-15-21-35-37(27-31)54-45(52-35)41-13-11-25-58(41)47(61)43(29(3)4)56-49(63)65-9/h14-21,26-29,38-43H,10-13,22-25H2,1-9H3,(H,51,53)(H,52,54)(H,55,62)(H,56,63)/t38-,39-,40-,41-,42-,43-/m0/s1. The van der Waals surface area contributed by atoms with Gasteiger partial charge in [-0.05, 0) is 109 Å². The van der Waals surface area contributed by atoms with Crippen LogP contribution in [0.1, 0.15) is 139 Å². The van der Waals surface area contributed by atoms with Crippen molar-refractivity contribution in [2.75, 3.05) is 32.2 Å². The summed E-state index contributed by atoms with van der Waals surface area (Å²) in [5.74, 6) is 0.984. The van der Waals surface area contributed by atoms with E-state index in [1.165, 1.54) is 30.9 Å². The molecule has 3 saturated heterocycles. The summed E-state index contributed by atoms with van der Waals surface area (Å²) < 4.78 is 9.66. The number of alkyl carbamates (subject to hydrolysis) is 2. The average molecular weight is 888 g/mol. The number of methoxy groups -OCH3 is 2. The van der Waals surface area contributed by atoms with Gasteiger partial charge in [0.1, 0.15) is 23.7 Å². The zero-order valence-corrected chi connectivity index (χ0v) is 39.2. The molecule has 15 heteroatoms. The Morgan fingerprint density at radius 2 is 1.06 bits per heavy atom. The molecule has 0 radical (unpaired) electrons. The van der Waals surface area contributed by atoms with Crippen molar-refractivity contribution < 1.29 is 28.7 Å². The summed E-state index contributed by atoms with van der Waals surface area (Å²) in [6, 6.07) is 20.2. The number of hydrogen-bond acceptors (Lipinski definition) is 9. The van der Waals surface area contributed by atoms with E-state index < -0.39 is 24.3 Å². The maximum Gasteiger partial charge on any atom is 0.407 e. The number of benzene rings is 3. The highest BCUT2D eigenvalue weighted by molar-refractivity contribution is 5.87. The number of carbonyl (C=O) groups excluding carboxylic acids is 4. The second-order valence-corrected chi connectivity index (χ2v) is 19.7. The number of nitrogens with one attached hydrogen (secondary N) is 4. The molecule has 0 bridgehead atoms. The average Bonchev–Trinajstić information content (AvgIpc) is 4.14. The summed E-state index contributed by atoms with van der Waals surface area (Å²) in [7, 11) is 2.60. The number of fused-ring (bicyclic) bond motifs is 2. The molecule has 0 aliphatic carbocycles. The maximum atomic E-state index is 13.9. The number of aromatic nitrogens is 4. The predicted molar refractivity (Wildman–Crippen MR) is 250 cm³/mol. The number of nitrogens with zero attached hydrogens (tertiary/aromatic N) is 5. The van der Waals surface area contributed by atoms with Gasteiger partial charge in [-0.25, -0.2) is 19.6 Å². The lowest BCUT2D eigenvalue weighted by Gasteiger charge is -2.34. The van der Waals surface area contributed by atoms with Gasteiger partial charge in [-0.2, -0.15) is 0 Å². The highest BCUT2D eigenvalue weighted by atomic mass is 16.5. The lowest BCUT2D eigenvalue weighted by atomic mass is 9.87. The first-order valence-corrected chi connectivity index (χ1v) is 23.2. The van der Waals surface area contributed by atoms with E-state index in [9.17, 15) is 19.2 Å². The van der Waals surface area contributed by atoms with Crippen LogP contribution in [0.3, 0.4) is 0 Å². The third kappa shape index (κ3) is 9.11. The van der Waals surface area contributed by atoms with Crippen LogP contribution in [0.15, 0.2) is 60.7 Å². The van der Waals surface area contributed by atoms with E-state index in [0.717, 1.165) is 77.9 Å². The molecule has 8 rings (SSSR count). The Morgan fingerprint density at radius 1 is 0.631 bits per heavy atom. The van der Waals surface area contributed by atoms with Crippen LogP contribution in [0, 0.1) is 11.8 Å². The van der Waals surface area contributed by atoms with Crippen molar-refractivity contribution in [1.29, 1.82) is 0 Å². The molecule has 4 N–H and O–H groups in total. The molecule has 2 aromatic heterocycles. The van der Waals surface area contributed by atoms with Gasteiger partial charge in [-0.1, -0.05) is 72.7 Å². The number of anilines is 1. The van der Waals surface area contributed by atoms with Crippen molar-refractivity contribution in [2.24, 2.45) is 11.8 Å². The molecule has 5 heterocycles. The van der Waals surface area contributed by atoms with E-state index in [-0.39, 0.29) is 53.2 Å². The Bertz CT molecular complexity index is 2390. The number of carbonyl (C=O) groups is 4. The smallest absolute Gasteiger partial charge is 0.407 e. The van der Waals surface area contributed by atoms with Crippen molar-refractivity contribution in [2.45, 2.75) is 129 Å². The Balaban J connectivity index is 1.09. The second-order valence-electron chi connectivity index (χ2n) is 19.7. The van der Waals surface area contributed by atoms with Crippen LogP contribution >= 0.6 is 0 Å². The topological polar surface area (TPSA) is 178 Å². The molecule has 0 spiro atoms. The summed E-state index contributed by atoms with van der Waals surface area (Å²) in [5.41, 5.74) is 8.29. The summed E-state index contributed by atoms with van der Waals surface area (Å²) in [6.45, 7) is 15.5. The molecule has 3 aliphatic rings. The SMILES string of the molecule is COC(=O)N[C@H](C(=O)N1CCC[C@H]1c1nc2ccc([C@@H]3CC[C@@H](c4ccc5nc([C@@H]6CCCN6C(=O)[C@@H](NC(=O)OC)C(C)C)[nH]c5c4)N3c3ccc(C(C)(C)C)cc3)cc2[nH]1)C(C)C. The molecule has 65 heavy (non-hydrogen) atoms. The van der Waals surface area contributed by atoms with Crippen molar-refractivity contribution in [3.05, 3.63) is 89.0 Å². The lowest BCUT2D eigenvalue weighted by molar-refractivity contribution is -0.136. The molecular formula is C50H65N9O6. The minimum atomic E-state index is -0.706. The Hall–Kier alpha value is -6.12. The third-order valence-corrected chi connectivity index (χ3v) is 13.7. The summed E-state index contributed by atoms with van der Waals surface area (Å²) in [4.78, 5) is 75.6. The number of ether oxygens (including phenoxy) is 2. The normalized spacial score (nSPS) is 21.1. The van der Waals surface area contributed by atoms with Gasteiger partial charge in [0.15, 0.2) is 0 Å². The molecule has 4 amide bonds. The zero-order valence-electron chi connectivity index (χ0n) is 39.2. The van der Waals surface area contributed by atoms with Crippen molar-refractivity contribution >= 4 is 51.8 Å². The van der Waals surface area contributed by atoms with Crippen LogP contribution in [0.25, 0.3) is 22.1 Å². The number of H-pyrrole nitrogens is 2. The molecule has 346 valence electrons. The first-order valence-electron chi connectivity index (χ1n) is 23.2. The Kier molecular flexibility index (Phi) is 12.9. The van der Waals surface area contributed by atoms with E-state index in [1.54, 1.807) is 0 Å². The van der Waals surface area contributed by atoms with Crippen LogP contribution in [-0.4, -0.2) is 93.1 Å². The summed E-state index contributed by atoms with van der Waals surface area (Å²) >= 11 is 0. The predicted octanol–water partition coefficient (Wildman–Crippen LogP) is 8.91. The fraction of sp³-hybridized carbons (Fsp3) is 0.520. The minimum Gasteiger partial charge on any atom is -0.453 e. The van der Waals surface area contributed by atoms with E-state index >= 15 is 0 Å². The molecule has 3 aromatic carbocycles. The monoisotopic (exact) mass is 888 g/mol. The summed E-state index contributed by atoms with van der Waals surface area (Å²) in [6.07, 6.45) is 3.84. The molecule has 15 nitrogen and oxygen atoms in total. The first-order chi connectivity index (χ1) is 31.1. The Morgan fingerprint density at radius 3 is 1.45 bits per heavy atom. The highest BCUT2D eigenvalue weighted by Gasteiger charge is 2.40.